The largest absolute Gasteiger partial charge is 0.321 e. The highest BCUT2D eigenvalue weighted by molar-refractivity contribution is 7.92. The van der Waals surface area contributed by atoms with Gasteiger partial charge < -0.3 is 5.32 Å². The van der Waals surface area contributed by atoms with Crippen LogP contribution in [0.5, 0.6) is 0 Å². The van der Waals surface area contributed by atoms with Gasteiger partial charge in [-0.05, 0) is 48.5 Å². The van der Waals surface area contributed by atoms with E-state index in [2.05, 4.69) is 15.0 Å². The van der Waals surface area contributed by atoms with Gasteiger partial charge in [-0.1, -0.05) is 29.3 Å². The van der Waals surface area contributed by atoms with Crippen LogP contribution in [0.15, 0.2) is 71.9 Å². The van der Waals surface area contributed by atoms with Crippen LogP contribution in [-0.4, -0.2) is 19.3 Å². The van der Waals surface area contributed by atoms with Crippen LogP contribution in [-0.2, 0) is 10.0 Å². The minimum Gasteiger partial charge on any atom is -0.321 e. The fraction of sp³-hybridized carbons (Fsp3) is 0. The van der Waals surface area contributed by atoms with E-state index in [4.69, 9.17) is 23.2 Å². The Bertz CT molecular complexity index is 1090. The Morgan fingerprint density at radius 1 is 0.963 bits per heavy atom. The van der Waals surface area contributed by atoms with Crippen molar-refractivity contribution in [2.45, 2.75) is 4.90 Å². The molecule has 2 aromatic carbocycles. The summed E-state index contributed by atoms with van der Waals surface area (Å²) in [6, 6.07) is 13.6. The molecule has 0 spiro atoms. The van der Waals surface area contributed by atoms with Gasteiger partial charge in [0.25, 0.3) is 15.9 Å². The van der Waals surface area contributed by atoms with E-state index in [0.29, 0.717) is 5.69 Å². The Kier molecular flexibility index (Phi) is 5.65. The molecule has 0 saturated carbocycles. The number of carbonyl (C=O) groups is 1. The molecule has 0 atom stereocenters. The summed E-state index contributed by atoms with van der Waals surface area (Å²) >= 11 is 11.8. The molecule has 1 amide bonds. The SMILES string of the molecule is O=C(Nc1cccnc1)c1cccc(NS(=O)(=O)c2cc(Cl)ccc2Cl)c1. The average Bonchev–Trinajstić information content (AvgIpc) is 2.64. The Labute approximate surface area is 166 Å². The molecule has 0 radical (unpaired) electrons. The smallest absolute Gasteiger partial charge is 0.263 e. The third-order valence-corrected chi connectivity index (χ3v) is 5.58. The van der Waals surface area contributed by atoms with Crippen molar-refractivity contribution in [2.24, 2.45) is 0 Å². The van der Waals surface area contributed by atoms with Crippen molar-refractivity contribution in [2.75, 3.05) is 10.0 Å². The highest BCUT2D eigenvalue weighted by Crippen LogP contribution is 2.27. The maximum atomic E-state index is 12.6. The van der Waals surface area contributed by atoms with Crippen LogP contribution in [0.4, 0.5) is 11.4 Å². The van der Waals surface area contributed by atoms with Gasteiger partial charge in [-0.2, -0.15) is 0 Å². The second-order valence-electron chi connectivity index (χ2n) is 5.46. The van der Waals surface area contributed by atoms with E-state index in [0.717, 1.165) is 0 Å². The molecule has 3 rings (SSSR count). The minimum atomic E-state index is -3.98. The maximum Gasteiger partial charge on any atom is 0.263 e. The fourth-order valence-electron chi connectivity index (χ4n) is 2.26. The van der Waals surface area contributed by atoms with E-state index in [-0.39, 0.29) is 26.2 Å². The average molecular weight is 422 g/mol. The number of hydrogen-bond acceptors (Lipinski definition) is 4. The van der Waals surface area contributed by atoms with Crippen molar-refractivity contribution in [1.82, 2.24) is 4.98 Å². The molecule has 0 aliphatic carbocycles. The molecule has 0 bridgehead atoms. The summed E-state index contributed by atoms with van der Waals surface area (Å²) < 4.78 is 27.6. The minimum absolute atomic E-state index is 0.0392. The van der Waals surface area contributed by atoms with Crippen molar-refractivity contribution in [3.8, 4) is 0 Å². The first kappa shape index (κ1) is 19.2. The van der Waals surface area contributed by atoms with Crippen LogP contribution in [0.1, 0.15) is 10.4 Å². The van der Waals surface area contributed by atoms with Crippen LogP contribution in [0, 0.1) is 0 Å². The Balaban J connectivity index is 1.83. The molecule has 1 aromatic heterocycles. The number of nitrogens with one attached hydrogen (secondary N) is 2. The monoisotopic (exact) mass is 421 g/mol. The van der Waals surface area contributed by atoms with Gasteiger partial charge in [-0.3, -0.25) is 14.5 Å². The van der Waals surface area contributed by atoms with E-state index in [1.54, 1.807) is 30.5 Å². The van der Waals surface area contributed by atoms with Crippen molar-refractivity contribution >= 4 is 50.5 Å². The molecule has 3 aromatic rings. The number of rotatable bonds is 5. The van der Waals surface area contributed by atoms with Crippen molar-refractivity contribution in [3.63, 3.8) is 0 Å². The lowest BCUT2D eigenvalue weighted by atomic mass is 10.2. The van der Waals surface area contributed by atoms with Crippen molar-refractivity contribution in [1.29, 1.82) is 0 Å². The molecular formula is C18H13Cl2N3O3S. The highest BCUT2D eigenvalue weighted by Gasteiger charge is 2.19. The molecule has 27 heavy (non-hydrogen) atoms. The summed E-state index contributed by atoms with van der Waals surface area (Å²) in [6.07, 6.45) is 3.09. The van der Waals surface area contributed by atoms with E-state index >= 15 is 0 Å². The van der Waals surface area contributed by atoms with E-state index in [9.17, 15) is 13.2 Å². The number of nitrogens with zero attached hydrogens (tertiary/aromatic N) is 1. The topological polar surface area (TPSA) is 88.2 Å². The van der Waals surface area contributed by atoms with Crippen LogP contribution < -0.4 is 10.0 Å². The van der Waals surface area contributed by atoms with Crippen molar-refractivity contribution < 1.29 is 13.2 Å². The lowest BCUT2D eigenvalue weighted by Crippen LogP contribution is -2.15. The Hall–Kier alpha value is -2.61. The third kappa shape index (κ3) is 4.77. The second-order valence-corrected chi connectivity index (χ2v) is 7.95. The van der Waals surface area contributed by atoms with Crippen LogP contribution >= 0.6 is 23.2 Å². The first-order valence-corrected chi connectivity index (χ1v) is 9.88. The highest BCUT2D eigenvalue weighted by atomic mass is 35.5. The fourth-order valence-corrected chi connectivity index (χ4v) is 4.07. The molecule has 0 fully saturated rings. The number of anilines is 2. The number of pyridine rings is 1. The summed E-state index contributed by atoms with van der Waals surface area (Å²) in [6.45, 7) is 0. The Morgan fingerprint density at radius 2 is 1.74 bits per heavy atom. The molecule has 1 heterocycles. The van der Waals surface area contributed by atoms with Crippen LogP contribution in [0.2, 0.25) is 10.0 Å². The van der Waals surface area contributed by atoms with E-state index in [1.165, 1.54) is 36.5 Å². The molecule has 0 unspecified atom stereocenters. The van der Waals surface area contributed by atoms with Gasteiger partial charge in [-0.15, -0.1) is 0 Å². The van der Waals surface area contributed by atoms with E-state index < -0.39 is 15.9 Å². The Morgan fingerprint density at radius 3 is 2.48 bits per heavy atom. The molecule has 9 heteroatoms. The molecule has 0 aliphatic rings. The predicted octanol–water partition coefficient (Wildman–Crippen LogP) is 4.44. The first-order valence-electron chi connectivity index (χ1n) is 7.64. The molecular weight excluding hydrogens is 409 g/mol. The van der Waals surface area contributed by atoms with Crippen molar-refractivity contribution in [3.05, 3.63) is 82.6 Å². The van der Waals surface area contributed by atoms with E-state index in [1.807, 2.05) is 0 Å². The predicted molar refractivity (Wildman–Crippen MR) is 106 cm³/mol. The van der Waals surface area contributed by atoms with Gasteiger partial charge in [0.1, 0.15) is 4.90 Å². The van der Waals surface area contributed by atoms with Crippen LogP contribution in [0.3, 0.4) is 0 Å². The number of benzene rings is 2. The zero-order valence-electron chi connectivity index (χ0n) is 13.7. The number of amides is 1. The number of carbonyl (C=O) groups excluding carboxylic acids is 1. The second kappa shape index (κ2) is 7.96. The molecule has 0 aliphatic heterocycles. The summed E-state index contributed by atoms with van der Waals surface area (Å²) in [7, 11) is -3.98. The summed E-state index contributed by atoms with van der Waals surface area (Å²) in [4.78, 5) is 16.1. The number of halogens is 2. The number of sulfonamides is 1. The maximum absolute atomic E-state index is 12.6. The first-order chi connectivity index (χ1) is 12.8. The number of aromatic nitrogens is 1. The standard InChI is InChI=1S/C18H13Cl2N3O3S/c19-13-6-7-16(20)17(10-13)27(25,26)23-14-4-1-3-12(9-14)18(24)22-15-5-2-8-21-11-15/h1-11,23H,(H,22,24). The molecule has 2 N–H and O–H groups in total. The summed E-state index contributed by atoms with van der Waals surface area (Å²) in [5.41, 5.74) is 1.01. The number of hydrogen-bond donors (Lipinski definition) is 2. The van der Waals surface area contributed by atoms with Crippen LogP contribution in [0.25, 0.3) is 0 Å². The molecule has 138 valence electrons. The zero-order chi connectivity index (χ0) is 19.4. The van der Waals surface area contributed by atoms with Gasteiger partial charge in [-0.25, -0.2) is 8.42 Å². The normalized spacial score (nSPS) is 11.0. The lowest BCUT2D eigenvalue weighted by molar-refractivity contribution is 0.102. The lowest BCUT2D eigenvalue weighted by Gasteiger charge is -2.11. The quantitative estimate of drug-likeness (QED) is 0.636. The third-order valence-electron chi connectivity index (χ3n) is 3.48. The van der Waals surface area contributed by atoms with Gasteiger partial charge >= 0.3 is 0 Å². The van der Waals surface area contributed by atoms with Gasteiger partial charge in [0, 0.05) is 22.5 Å². The van der Waals surface area contributed by atoms with Gasteiger partial charge in [0.2, 0.25) is 0 Å². The summed E-state index contributed by atoms with van der Waals surface area (Å²) in [5.74, 6) is -0.398. The van der Waals surface area contributed by atoms with Gasteiger partial charge in [0.05, 0.1) is 16.9 Å². The zero-order valence-corrected chi connectivity index (χ0v) is 16.0. The molecule has 6 nitrogen and oxygen atoms in total. The molecule has 0 saturated heterocycles. The summed E-state index contributed by atoms with van der Waals surface area (Å²) in [5, 5.41) is 2.96. The van der Waals surface area contributed by atoms with Gasteiger partial charge in [0.15, 0.2) is 0 Å².